The number of rotatable bonds is 5. The van der Waals surface area contributed by atoms with Gasteiger partial charge in [-0.3, -0.25) is 9.69 Å². The van der Waals surface area contributed by atoms with Gasteiger partial charge in [-0.25, -0.2) is 0 Å². The molecule has 28 heavy (non-hydrogen) atoms. The lowest BCUT2D eigenvalue weighted by molar-refractivity contribution is 0.0926. The number of nitrogens with zero attached hydrogens (tertiary/aromatic N) is 2. The molecule has 0 aliphatic carbocycles. The summed E-state index contributed by atoms with van der Waals surface area (Å²) in [6.07, 6.45) is 3.39. The van der Waals surface area contributed by atoms with E-state index in [1.807, 2.05) is 18.2 Å². The molecule has 1 saturated heterocycles. The fraction of sp³-hybridized carbons (Fsp3) is 0.318. The van der Waals surface area contributed by atoms with Gasteiger partial charge in [0.2, 0.25) is 0 Å². The Kier molecular flexibility index (Phi) is 5.48. The SMILES string of the molecule is COc1ccc(N2CCN(CC(=O)c3ccc4c(c3)OC=CCO4)CC2)cc1. The Balaban J connectivity index is 1.33. The highest BCUT2D eigenvalue weighted by Gasteiger charge is 2.21. The Morgan fingerprint density at radius 1 is 1.04 bits per heavy atom. The zero-order valence-corrected chi connectivity index (χ0v) is 16.0. The first kappa shape index (κ1) is 18.4. The number of ketones is 1. The summed E-state index contributed by atoms with van der Waals surface area (Å²) in [5.74, 6) is 2.20. The zero-order valence-electron chi connectivity index (χ0n) is 16.0. The van der Waals surface area contributed by atoms with Crippen molar-refractivity contribution < 1.29 is 19.0 Å². The third-order valence-electron chi connectivity index (χ3n) is 5.07. The molecule has 4 rings (SSSR count). The van der Waals surface area contributed by atoms with Crippen molar-refractivity contribution in [1.82, 2.24) is 4.90 Å². The summed E-state index contributed by atoms with van der Waals surface area (Å²) < 4.78 is 16.3. The van der Waals surface area contributed by atoms with Crippen LogP contribution in [-0.2, 0) is 0 Å². The van der Waals surface area contributed by atoms with Crippen LogP contribution in [0, 0.1) is 0 Å². The van der Waals surface area contributed by atoms with Gasteiger partial charge in [0.05, 0.1) is 19.9 Å². The zero-order chi connectivity index (χ0) is 19.3. The number of hydrogen-bond donors (Lipinski definition) is 0. The molecule has 146 valence electrons. The third-order valence-corrected chi connectivity index (χ3v) is 5.07. The second-order valence-corrected chi connectivity index (χ2v) is 6.85. The summed E-state index contributed by atoms with van der Waals surface area (Å²) in [6.45, 7) is 4.37. The van der Waals surface area contributed by atoms with Gasteiger partial charge in [-0.1, -0.05) is 0 Å². The Morgan fingerprint density at radius 2 is 1.82 bits per heavy atom. The minimum Gasteiger partial charge on any atom is -0.497 e. The molecule has 0 unspecified atom stereocenters. The number of piperazine rings is 1. The molecule has 0 atom stereocenters. The van der Waals surface area contributed by atoms with E-state index in [4.69, 9.17) is 14.2 Å². The van der Waals surface area contributed by atoms with Crippen molar-refractivity contribution in [3.63, 3.8) is 0 Å². The standard InChI is InChI=1S/C22H24N2O4/c1-26-19-6-4-18(5-7-19)24-11-9-23(10-12-24)16-20(25)17-3-8-21-22(15-17)28-14-2-13-27-21/h2-8,14-15H,9-13,16H2,1H3. The normalized spacial score (nSPS) is 16.5. The number of Topliss-reactive ketones (excluding diaryl/α,β-unsaturated/α-hetero) is 1. The third kappa shape index (κ3) is 4.12. The molecular formula is C22H24N2O4. The minimum atomic E-state index is 0.0949. The second kappa shape index (κ2) is 8.35. The second-order valence-electron chi connectivity index (χ2n) is 6.85. The van der Waals surface area contributed by atoms with Gasteiger partial charge in [0.15, 0.2) is 17.3 Å². The molecular weight excluding hydrogens is 356 g/mol. The Hall–Kier alpha value is -2.99. The van der Waals surface area contributed by atoms with Crippen LogP contribution in [0.2, 0.25) is 0 Å². The van der Waals surface area contributed by atoms with Gasteiger partial charge in [0.25, 0.3) is 0 Å². The molecule has 2 aliphatic heterocycles. The van der Waals surface area contributed by atoms with Crippen LogP contribution in [0.5, 0.6) is 17.2 Å². The first-order chi connectivity index (χ1) is 13.7. The van der Waals surface area contributed by atoms with E-state index < -0.39 is 0 Å². The number of carbonyl (C=O) groups excluding carboxylic acids is 1. The molecule has 0 amide bonds. The first-order valence-corrected chi connectivity index (χ1v) is 9.46. The monoisotopic (exact) mass is 380 g/mol. The van der Waals surface area contributed by atoms with Gasteiger partial charge in [0.1, 0.15) is 12.4 Å². The number of methoxy groups -OCH3 is 1. The number of hydrogen-bond acceptors (Lipinski definition) is 6. The fourth-order valence-corrected chi connectivity index (χ4v) is 3.44. The molecule has 0 saturated carbocycles. The number of fused-ring (bicyclic) bond motifs is 1. The van der Waals surface area contributed by atoms with Gasteiger partial charge >= 0.3 is 0 Å². The lowest BCUT2D eigenvalue weighted by Crippen LogP contribution is -2.48. The molecule has 0 bridgehead atoms. The van der Waals surface area contributed by atoms with Crippen molar-refractivity contribution in [3.05, 3.63) is 60.4 Å². The average molecular weight is 380 g/mol. The Morgan fingerprint density at radius 3 is 2.57 bits per heavy atom. The molecule has 2 aliphatic rings. The van der Waals surface area contributed by atoms with Crippen LogP contribution < -0.4 is 19.1 Å². The lowest BCUT2D eigenvalue weighted by atomic mass is 10.1. The number of ether oxygens (including phenoxy) is 3. The van der Waals surface area contributed by atoms with E-state index in [-0.39, 0.29) is 5.78 Å². The summed E-state index contributed by atoms with van der Waals surface area (Å²) in [4.78, 5) is 17.3. The maximum absolute atomic E-state index is 12.7. The van der Waals surface area contributed by atoms with Gasteiger partial charge in [-0.2, -0.15) is 0 Å². The predicted molar refractivity (Wildman–Crippen MR) is 108 cm³/mol. The Labute approximate surface area is 164 Å². The van der Waals surface area contributed by atoms with Crippen LogP contribution in [-0.4, -0.2) is 57.1 Å². The van der Waals surface area contributed by atoms with Gasteiger partial charge in [0, 0.05) is 37.4 Å². The van der Waals surface area contributed by atoms with Crippen LogP contribution in [0.25, 0.3) is 0 Å². The first-order valence-electron chi connectivity index (χ1n) is 9.46. The highest BCUT2D eigenvalue weighted by Crippen LogP contribution is 2.30. The molecule has 0 spiro atoms. The van der Waals surface area contributed by atoms with Crippen LogP contribution in [0.15, 0.2) is 54.8 Å². The molecule has 2 aromatic rings. The molecule has 0 radical (unpaired) electrons. The highest BCUT2D eigenvalue weighted by atomic mass is 16.5. The van der Waals surface area contributed by atoms with Crippen LogP contribution >= 0.6 is 0 Å². The van der Waals surface area contributed by atoms with Crippen molar-refractivity contribution in [2.24, 2.45) is 0 Å². The summed E-state index contributed by atoms with van der Waals surface area (Å²) in [5.41, 5.74) is 1.83. The summed E-state index contributed by atoms with van der Waals surface area (Å²) in [5, 5.41) is 0. The molecule has 2 aromatic carbocycles. The van der Waals surface area contributed by atoms with Crippen molar-refractivity contribution in [3.8, 4) is 17.2 Å². The summed E-state index contributed by atoms with van der Waals surface area (Å²) in [6, 6.07) is 13.5. The molecule has 2 heterocycles. The largest absolute Gasteiger partial charge is 0.497 e. The van der Waals surface area contributed by atoms with Crippen molar-refractivity contribution >= 4 is 11.5 Å². The molecule has 6 nitrogen and oxygen atoms in total. The van der Waals surface area contributed by atoms with E-state index in [0.717, 1.165) is 31.9 Å². The van der Waals surface area contributed by atoms with Crippen molar-refractivity contribution in [2.75, 3.05) is 51.3 Å². The van der Waals surface area contributed by atoms with E-state index in [1.54, 1.807) is 31.6 Å². The number of carbonyl (C=O) groups is 1. The average Bonchev–Trinajstić information content (AvgIpc) is 2.99. The van der Waals surface area contributed by atoms with Gasteiger partial charge < -0.3 is 19.1 Å². The van der Waals surface area contributed by atoms with Crippen LogP contribution in [0.1, 0.15) is 10.4 Å². The molecule has 0 N–H and O–H groups in total. The molecule has 0 aromatic heterocycles. The Bertz CT molecular complexity index is 855. The van der Waals surface area contributed by atoms with E-state index in [2.05, 4.69) is 21.9 Å². The summed E-state index contributed by atoms with van der Waals surface area (Å²) >= 11 is 0. The maximum Gasteiger partial charge on any atom is 0.176 e. The lowest BCUT2D eigenvalue weighted by Gasteiger charge is -2.35. The van der Waals surface area contributed by atoms with E-state index in [9.17, 15) is 4.79 Å². The van der Waals surface area contributed by atoms with E-state index >= 15 is 0 Å². The summed E-state index contributed by atoms with van der Waals surface area (Å²) in [7, 11) is 1.67. The fourth-order valence-electron chi connectivity index (χ4n) is 3.44. The van der Waals surface area contributed by atoms with Crippen molar-refractivity contribution in [2.45, 2.75) is 0 Å². The number of benzene rings is 2. The molecule has 6 heteroatoms. The van der Waals surface area contributed by atoms with Crippen LogP contribution in [0.4, 0.5) is 5.69 Å². The predicted octanol–water partition coefficient (Wildman–Crippen LogP) is 2.99. The van der Waals surface area contributed by atoms with Gasteiger partial charge in [-0.05, 0) is 48.5 Å². The van der Waals surface area contributed by atoms with Crippen LogP contribution in [0.3, 0.4) is 0 Å². The minimum absolute atomic E-state index is 0.0949. The topological polar surface area (TPSA) is 51.2 Å². The molecule has 1 fully saturated rings. The van der Waals surface area contributed by atoms with Gasteiger partial charge in [-0.15, -0.1) is 0 Å². The maximum atomic E-state index is 12.7. The smallest absolute Gasteiger partial charge is 0.176 e. The number of anilines is 1. The quantitative estimate of drug-likeness (QED) is 0.744. The van der Waals surface area contributed by atoms with Crippen molar-refractivity contribution in [1.29, 1.82) is 0 Å². The van der Waals surface area contributed by atoms with E-state index in [1.165, 1.54) is 5.69 Å². The highest BCUT2D eigenvalue weighted by molar-refractivity contribution is 5.98. The van der Waals surface area contributed by atoms with E-state index in [0.29, 0.717) is 30.2 Å².